The smallest absolute Gasteiger partial charge is 0.262 e. The fraction of sp³-hybridized carbons (Fsp3) is 0.385. The number of benzene rings is 2. The summed E-state index contributed by atoms with van der Waals surface area (Å²) in [4.78, 5) is 19.0. The van der Waals surface area contributed by atoms with Crippen molar-refractivity contribution in [2.75, 3.05) is 31.5 Å². The lowest BCUT2D eigenvalue weighted by Crippen LogP contribution is -2.50. The molecule has 4 rings (SSSR count). The average Bonchev–Trinajstić information content (AvgIpc) is 3.37. The van der Waals surface area contributed by atoms with E-state index in [0.717, 1.165) is 4.31 Å². The van der Waals surface area contributed by atoms with Crippen molar-refractivity contribution in [2.24, 2.45) is 13.0 Å². The summed E-state index contributed by atoms with van der Waals surface area (Å²) in [5.41, 5.74) is 0.0606. The maximum Gasteiger partial charge on any atom is 0.262 e. The molecule has 0 fully saturated rings. The molecule has 41 heavy (non-hydrogen) atoms. The molecule has 222 valence electrons. The molecule has 3 atom stereocenters. The van der Waals surface area contributed by atoms with Crippen molar-refractivity contribution < 1.29 is 31.5 Å². The summed E-state index contributed by atoms with van der Waals surface area (Å²) in [5.74, 6) is -0.942. The SMILES string of the molecule is C[C@H]1CN([C@@H](C)CO)C(=O)c2cccc(NS(=O)(=O)c3ccc(Cl)cc3)c2O[C@H]1CN(C)S(=O)(=O)c1cn(C)cn1. The molecular weight excluding hydrogens is 594 g/mol. The van der Waals surface area contributed by atoms with Crippen LogP contribution >= 0.6 is 11.6 Å². The van der Waals surface area contributed by atoms with Gasteiger partial charge in [-0.25, -0.2) is 21.8 Å². The van der Waals surface area contributed by atoms with E-state index in [2.05, 4.69) is 9.71 Å². The van der Waals surface area contributed by atoms with E-state index in [1.807, 2.05) is 0 Å². The summed E-state index contributed by atoms with van der Waals surface area (Å²) >= 11 is 5.91. The average molecular weight is 626 g/mol. The zero-order valence-electron chi connectivity index (χ0n) is 22.9. The first-order valence-electron chi connectivity index (χ1n) is 12.7. The highest BCUT2D eigenvalue weighted by Gasteiger charge is 2.37. The lowest BCUT2D eigenvalue weighted by Gasteiger charge is -2.38. The third-order valence-electron chi connectivity index (χ3n) is 6.85. The number of aliphatic hydroxyl groups excluding tert-OH is 1. The highest BCUT2D eigenvalue weighted by molar-refractivity contribution is 7.92. The van der Waals surface area contributed by atoms with Gasteiger partial charge in [-0.2, -0.15) is 4.31 Å². The maximum absolute atomic E-state index is 13.7. The maximum atomic E-state index is 13.7. The van der Waals surface area contributed by atoms with Gasteiger partial charge in [0.2, 0.25) is 0 Å². The minimum Gasteiger partial charge on any atom is -0.486 e. The Labute approximate surface area is 244 Å². The minimum atomic E-state index is -4.12. The molecular formula is C26H32ClN5O7S2. The highest BCUT2D eigenvalue weighted by Crippen LogP contribution is 2.36. The van der Waals surface area contributed by atoms with E-state index in [4.69, 9.17) is 16.3 Å². The van der Waals surface area contributed by atoms with Crippen LogP contribution in [-0.2, 0) is 27.1 Å². The lowest BCUT2D eigenvalue weighted by molar-refractivity contribution is 0.0389. The molecule has 3 aromatic rings. The number of para-hydroxylation sites is 1. The molecule has 12 nitrogen and oxygen atoms in total. The Hall–Kier alpha value is -3.17. The molecule has 15 heteroatoms. The van der Waals surface area contributed by atoms with E-state index >= 15 is 0 Å². The minimum absolute atomic E-state index is 0.00302. The van der Waals surface area contributed by atoms with E-state index in [1.54, 1.807) is 20.9 Å². The zero-order chi connectivity index (χ0) is 30.1. The van der Waals surface area contributed by atoms with E-state index < -0.39 is 44.0 Å². The van der Waals surface area contributed by atoms with Crippen LogP contribution in [0, 0.1) is 5.92 Å². The molecule has 0 bridgehead atoms. The quantitative estimate of drug-likeness (QED) is 0.368. The van der Waals surface area contributed by atoms with Gasteiger partial charge < -0.3 is 19.3 Å². The van der Waals surface area contributed by atoms with E-state index in [-0.39, 0.29) is 46.6 Å². The molecule has 1 amide bonds. The van der Waals surface area contributed by atoms with Crippen LogP contribution in [0.4, 0.5) is 5.69 Å². The number of aliphatic hydroxyl groups is 1. The lowest BCUT2D eigenvalue weighted by atomic mass is 9.99. The number of likely N-dealkylation sites (N-methyl/N-ethyl adjacent to an activating group) is 1. The van der Waals surface area contributed by atoms with Gasteiger partial charge in [-0.3, -0.25) is 9.52 Å². The number of nitrogens with zero attached hydrogens (tertiary/aromatic N) is 4. The summed E-state index contributed by atoms with van der Waals surface area (Å²) in [7, 11) is -5.05. The molecule has 2 N–H and O–H groups in total. The van der Waals surface area contributed by atoms with Crippen molar-refractivity contribution in [2.45, 2.75) is 35.9 Å². The summed E-state index contributed by atoms with van der Waals surface area (Å²) in [6.07, 6.45) is 1.95. The monoisotopic (exact) mass is 625 g/mol. The van der Waals surface area contributed by atoms with Gasteiger partial charge in [-0.1, -0.05) is 24.6 Å². The van der Waals surface area contributed by atoms with Gasteiger partial charge in [0.05, 0.1) is 41.7 Å². The molecule has 0 radical (unpaired) electrons. The molecule has 1 aliphatic rings. The van der Waals surface area contributed by atoms with Crippen LogP contribution in [0.15, 0.2) is 64.9 Å². The molecule has 2 heterocycles. The van der Waals surface area contributed by atoms with E-state index in [9.17, 15) is 26.7 Å². The number of nitrogens with one attached hydrogen (secondary N) is 1. The molecule has 0 spiro atoms. The number of hydrogen-bond donors (Lipinski definition) is 2. The van der Waals surface area contributed by atoms with Gasteiger partial charge in [-0.05, 0) is 43.3 Å². The van der Waals surface area contributed by atoms with Crippen LogP contribution in [0.3, 0.4) is 0 Å². The third-order valence-corrected chi connectivity index (χ3v) is 10.2. The van der Waals surface area contributed by atoms with Crippen molar-refractivity contribution in [3.05, 3.63) is 65.6 Å². The van der Waals surface area contributed by atoms with Crippen LogP contribution in [-0.4, -0.2) is 85.5 Å². The number of fused-ring (bicyclic) bond motifs is 1. The standard InChI is InChI=1S/C26H32ClN5O7S2/c1-17-12-32(18(2)15-33)26(34)21-6-5-7-22(29-40(35,36)20-10-8-19(27)9-11-20)25(21)39-23(17)13-31(4)41(37,38)24-14-30(3)16-28-24/h5-11,14,16-18,23,29,33H,12-13,15H2,1-4H3/t17-,18-,23-/m0/s1. The predicted octanol–water partition coefficient (Wildman–Crippen LogP) is 2.42. The Kier molecular flexibility index (Phi) is 8.99. The third kappa shape index (κ3) is 6.51. The molecule has 0 saturated heterocycles. The molecule has 0 aliphatic carbocycles. The van der Waals surface area contributed by atoms with Crippen molar-refractivity contribution in [3.63, 3.8) is 0 Å². The number of anilines is 1. The molecule has 2 aromatic carbocycles. The molecule has 0 unspecified atom stereocenters. The fourth-order valence-corrected chi connectivity index (χ4v) is 6.72. The van der Waals surface area contributed by atoms with Crippen LogP contribution in [0.1, 0.15) is 24.2 Å². The van der Waals surface area contributed by atoms with Gasteiger partial charge in [0.25, 0.3) is 26.0 Å². The highest BCUT2D eigenvalue weighted by atomic mass is 35.5. The van der Waals surface area contributed by atoms with Crippen LogP contribution in [0.25, 0.3) is 0 Å². The summed E-state index contributed by atoms with van der Waals surface area (Å²) in [5, 5.41) is 10.1. The predicted molar refractivity (Wildman–Crippen MR) is 153 cm³/mol. The normalized spacial score (nSPS) is 18.8. The zero-order valence-corrected chi connectivity index (χ0v) is 25.3. The second-order valence-electron chi connectivity index (χ2n) is 10.0. The van der Waals surface area contributed by atoms with Gasteiger partial charge in [-0.15, -0.1) is 0 Å². The topological polar surface area (TPSA) is 151 Å². The van der Waals surface area contributed by atoms with Crippen molar-refractivity contribution in [1.29, 1.82) is 0 Å². The van der Waals surface area contributed by atoms with Crippen molar-refractivity contribution >= 4 is 43.2 Å². The van der Waals surface area contributed by atoms with E-state index in [0.29, 0.717) is 5.02 Å². The second-order valence-corrected chi connectivity index (χ2v) is 14.1. The molecule has 1 aliphatic heterocycles. The number of amides is 1. The number of aromatic nitrogens is 2. The number of halogens is 1. The molecule has 0 saturated carbocycles. The van der Waals surface area contributed by atoms with Crippen molar-refractivity contribution in [1.82, 2.24) is 18.8 Å². The fourth-order valence-electron chi connectivity index (χ4n) is 4.39. The van der Waals surface area contributed by atoms with Crippen LogP contribution in [0.5, 0.6) is 5.75 Å². The van der Waals surface area contributed by atoms with Gasteiger partial charge >= 0.3 is 0 Å². The van der Waals surface area contributed by atoms with E-state index in [1.165, 1.54) is 71.5 Å². The van der Waals surface area contributed by atoms with Gasteiger partial charge in [0.15, 0.2) is 10.8 Å². The number of ether oxygens (including phenoxy) is 1. The Morgan fingerprint density at radius 3 is 2.49 bits per heavy atom. The Bertz CT molecular complexity index is 1630. The summed E-state index contributed by atoms with van der Waals surface area (Å²) < 4.78 is 64.4. The van der Waals surface area contributed by atoms with Crippen LogP contribution < -0.4 is 9.46 Å². The number of sulfonamides is 2. The Morgan fingerprint density at radius 2 is 1.88 bits per heavy atom. The number of carbonyl (C=O) groups is 1. The number of hydrogen-bond acceptors (Lipinski definition) is 8. The van der Waals surface area contributed by atoms with Gasteiger partial charge in [0, 0.05) is 37.8 Å². The first-order chi connectivity index (χ1) is 19.2. The van der Waals surface area contributed by atoms with Gasteiger partial charge in [0.1, 0.15) is 6.10 Å². The Morgan fingerprint density at radius 1 is 1.20 bits per heavy atom. The first-order valence-corrected chi connectivity index (χ1v) is 16.0. The Balaban J connectivity index is 1.76. The number of aryl methyl sites for hydroxylation is 1. The largest absolute Gasteiger partial charge is 0.486 e. The summed E-state index contributed by atoms with van der Waals surface area (Å²) in [6.45, 7) is 3.20. The summed E-state index contributed by atoms with van der Waals surface area (Å²) in [6, 6.07) is 9.46. The van der Waals surface area contributed by atoms with Crippen LogP contribution in [0.2, 0.25) is 5.02 Å². The number of rotatable bonds is 9. The second kappa shape index (κ2) is 12.0. The number of carbonyl (C=O) groups excluding carboxylic acids is 1. The van der Waals surface area contributed by atoms with Crippen molar-refractivity contribution in [3.8, 4) is 5.75 Å². The molecule has 1 aromatic heterocycles. The first kappa shape index (κ1) is 30.8. The number of imidazole rings is 1.